The molecule has 0 radical (unpaired) electrons. The molecule has 1 fully saturated rings. The Morgan fingerprint density at radius 1 is 1.27 bits per heavy atom. The van der Waals surface area contributed by atoms with Crippen LogP contribution >= 0.6 is 0 Å². The number of ether oxygens (including phenoxy) is 1. The second-order valence-corrected chi connectivity index (χ2v) is 5.69. The van der Waals surface area contributed by atoms with Crippen LogP contribution in [0.4, 0.5) is 0 Å². The minimum absolute atomic E-state index is 0.114. The normalized spacial score (nSPS) is 50.3. The highest BCUT2D eigenvalue weighted by Gasteiger charge is 2.54. The van der Waals surface area contributed by atoms with Crippen LogP contribution in [-0.4, -0.2) is 12.7 Å². The molecule has 0 bridgehead atoms. The van der Waals surface area contributed by atoms with Gasteiger partial charge in [0.1, 0.15) is 0 Å². The third-order valence-corrected chi connectivity index (χ3v) is 5.29. The third kappa shape index (κ3) is 0.852. The molecule has 4 aliphatic rings. The lowest BCUT2D eigenvalue weighted by Crippen LogP contribution is -2.48. The Bertz CT molecular complexity index is 379. The van der Waals surface area contributed by atoms with Crippen LogP contribution in [0.15, 0.2) is 23.3 Å². The van der Waals surface area contributed by atoms with E-state index in [1.165, 1.54) is 32.1 Å². The fourth-order valence-electron chi connectivity index (χ4n) is 4.57. The topological polar surface area (TPSA) is 9.23 Å². The molecule has 0 aromatic carbocycles. The summed E-state index contributed by atoms with van der Waals surface area (Å²) in [6, 6.07) is 0. The molecule has 1 nitrogen and oxygen atoms in total. The Morgan fingerprint density at radius 2 is 2.13 bits per heavy atom. The fraction of sp³-hybridized carbons (Fsp3) is 0.714. The lowest BCUT2D eigenvalue weighted by atomic mass is 9.62. The van der Waals surface area contributed by atoms with Gasteiger partial charge in [0.25, 0.3) is 0 Å². The van der Waals surface area contributed by atoms with Crippen molar-refractivity contribution in [3.8, 4) is 0 Å². The van der Waals surface area contributed by atoms with Crippen LogP contribution in [0.25, 0.3) is 0 Å². The van der Waals surface area contributed by atoms with Gasteiger partial charge in [0.05, 0.1) is 5.60 Å². The molecule has 4 atom stereocenters. The van der Waals surface area contributed by atoms with Crippen molar-refractivity contribution in [2.45, 2.75) is 37.7 Å². The molecule has 4 rings (SSSR count). The number of hydrogen-bond acceptors (Lipinski definition) is 1. The Balaban J connectivity index is 1.84. The number of hydrogen-bond donors (Lipinski definition) is 0. The van der Waals surface area contributed by atoms with Crippen molar-refractivity contribution < 1.29 is 4.74 Å². The Morgan fingerprint density at radius 3 is 2.87 bits per heavy atom. The molecular weight excluding hydrogens is 184 g/mol. The minimum atomic E-state index is 0.114. The van der Waals surface area contributed by atoms with Crippen molar-refractivity contribution in [3.05, 3.63) is 23.3 Å². The van der Waals surface area contributed by atoms with Crippen LogP contribution in [0.3, 0.4) is 0 Å². The Kier molecular flexibility index (Phi) is 1.47. The van der Waals surface area contributed by atoms with Crippen LogP contribution in [0.1, 0.15) is 32.1 Å². The van der Waals surface area contributed by atoms with E-state index in [9.17, 15) is 0 Å². The molecule has 80 valence electrons. The van der Waals surface area contributed by atoms with Crippen molar-refractivity contribution in [2.24, 2.45) is 17.8 Å². The molecule has 0 spiro atoms. The number of fused-ring (bicyclic) bond motifs is 2. The summed E-state index contributed by atoms with van der Waals surface area (Å²) in [6.45, 7) is 0. The van der Waals surface area contributed by atoms with Gasteiger partial charge < -0.3 is 4.74 Å². The highest BCUT2D eigenvalue weighted by molar-refractivity contribution is 5.44. The zero-order valence-electron chi connectivity index (χ0n) is 9.33. The second-order valence-electron chi connectivity index (χ2n) is 5.69. The van der Waals surface area contributed by atoms with E-state index in [1.54, 1.807) is 5.57 Å². The maximum Gasteiger partial charge on any atom is 0.0964 e. The molecule has 1 saturated carbocycles. The number of rotatable bonds is 1. The zero-order chi connectivity index (χ0) is 10.0. The van der Waals surface area contributed by atoms with Gasteiger partial charge in [0, 0.05) is 13.0 Å². The van der Waals surface area contributed by atoms with Crippen molar-refractivity contribution >= 4 is 0 Å². The molecule has 0 amide bonds. The first-order valence-corrected chi connectivity index (χ1v) is 6.31. The summed E-state index contributed by atoms with van der Waals surface area (Å²) >= 11 is 0. The first-order chi connectivity index (χ1) is 7.34. The van der Waals surface area contributed by atoms with Gasteiger partial charge in [-0.05, 0) is 43.9 Å². The van der Waals surface area contributed by atoms with E-state index in [-0.39, 0.29) is 5.60 Å². The summed E-state index contributed by atoms with van der Waals surface area (Å²) in [5.41, 5.74) is 3.76. The van der Waals surface area contributed by atoms with Crippen LogP contribution in [0.5, 0.6) is 0 Å². The van der Waals surface area contributed by atoms with Crippen LogP contribution in [-0.2, 0) is 4.74 Å². The zero-order valence-corrected chi connectivity index (χ0v) is 9.33. The average molecular weight is 202 g/mol. The van der Waals surface area contributed by atoms with Gasteiger partial charge in [-0.15, -0.1) is 0 Å². The monoisotopic (exact) mass is 202 g/mol. The first kappa shape index (κ1) is 8.58. The SMILES string of the molecule is CO[C@@]12C=C[C@@H]1C1=C3[C@@H](CC1)CC[C@H]3C2. The number of allylic oxidation sites excluding steroid dienone is 1. The summed E-state index contributed by atoms with van der Waals surface area (Å²) in [6.07, 6.45) is 11.6. The highest BCUT2D eigenvalue weighted by Crippen LogP contribution is 2.60. The molecule has 0 aromatic heterocycles. The molecule has 0 heterocycles. The average Bonchev–Trinajstić information content (AvgIpc) is 2.77. The molecule has 0 unspecified atom stereocenters. The van der Waals surface area contributed by atoms with E-state index < -0.39 is 0 Å². The molecule has 0 aromatic rings. The van der Waals surface area contributed by atoms with E-state index in [4.69, 9.17) is 4.74 Å². The van der Waals surface area contributed by atoms with Gasteiger partial charge in [-0.2, -0.15) is 0 Å². The molecule has 15 heavy (non-hydrogen) atoms. The largest absolute Gasteiger partial charge is 0.373 e. The predicted octanol–water partition coefficient (Wildman–Crippen LogP) is 3.08. The third-order valence-electron chi connectivity index (χ3n) is 5.29. The molecule has 1 heteroatoms. The van der Waals surface area contributed by atoms with Gasteiger partial charge in [0.15, 0.2) is 0 Å². The summed E-state index contributed by atoms with van der Waals surface area (Å²) in [7, 11) is 1.89. The fourth-order valence-corrected chi connectivity index (χ4v) is 4.57. The van der Waals surface area contributed by atoms with E-state index in [1.807, 2.05) is 12.7 Å². The Hall–Kier alpha value is -0.560. The summed E-state index contributed by atoms with van der Waals surface area (Å²) in [4.78, 5) is 0. The molecular formula is C14H18O. The second kappa shape index (κ2) is 2.57. The number of methoxy groups -OCH3 is 1. The first-order valence-electron chi connectivity index (χ1n) is 6.31. The van der Waals surface area contributed by atoms with Gasteiger partial charge in [-0.25, -0.2) is 0 Å². The van der Waals surface area contributed by atoms with Crippen LogP contribution in [0, 0.1) is 17.8 Å². The minimum Gasteiger partial charge on any atom is -0.373 e. The summed E-state index contributed by atoms with van der Waals surface area (Å²) in [5, 5.41) is 0. The van der Waals surface area contributed by atoms with Crippen molar-refractivity contribution in [2.75, 3.05) is 7.11 Å². The smallest absolute Gasteiger partial charge is 0.0964 e. The Labute approximate surface area is 91.2 Å². The predicted molar refractivity (Wildman–Crippen MR) is 59.5 cm³/mol. The van der Waals surface area contributed by atoms with E-state index >= 15 is 0 Å². The van der Waals surface area contributed by atoms with Gasteiger partial charge in [0.2, 0.25) is 0 Å². The maximum absolute atomic E-state index is 5.82. The summed E-state index contributed by atoms with van der Waals surface area (Å²) in [5.74, 6) is 2.49. The lowest BCUT2D eigenvalue weighted by Gasteiger charge is -2.48. The van der Waals surface area contributed by atoms with E-state index in [0.29, 0.717) is 5.92 Å². The van der Waals surface area contributed by atoms with Gasteiger partial charge in [-0.3, -0.25) is 0 Å². The lowest BCUT2D eigenvalue weighted by molar-refractivity contribution is -0.0313. The van der Waals surface area contributed by atoms with Crippen LogP contribution in [0.2, 0.25) is 0 Å². The van der Waals surface area contributed by atoms with Crippen molar-refractivity contribution in [1.29, 1.82) is 0 Å². The van der Waals surface area contributed by atoms with Crippen LogP contribution < -0.4 is 0 Å². The molecule has 0 aliphatic heterocycles. The molecule has 4 aliphatic carbocycles. The maximum atomic E-state index is 5.82. The van der Waals surface area contributed by atoms with E-state index in [0.717, 1.165) is 11.8 Å². The van der Waals surface area contributed by atoms with Crippen molar-refractivity contribution in [3.63, 3.8) is 0 Å². The van der Waals surface area contributed by atoms with Gasteiger partial charge in [-0.1, -0.05) is 23.3 Å². The summed E-state index contributed by atoms with van der Waals surface area (Å²) < 4.78 is 5.82. The van der Waals surface area contributed by atoms with Gasteiger partial charge >= 0.3 is 0 Å². The quantitative estimate of drug-likeness (QED) is 0.594. The molecule has 0 saturated heterocycles. The standard InChI is InChI=1S/C14H18O/c1-15-14-7-6-12(14)11-5-4-9-2-3-10(8-14)13(9)11/h6-7,9-10,12H,2-5,8H2,1H3/t9-,10+,12-,14-/m1/s1. The van der Waals surface area contributed by atoms with E-state index in [2.05, 4.69) is 12.2 Å². The van der Waals surface area contributed by atoms with Crippen molar-refractivity contribution in [1.82, 2.24) is 0 Å². The molecule has 0 N–H and O–H groups in total. The highest BCUT2D eigenvalue weighted by atomic mass is 16.5.